The van der Waals surface area contributed by atoms with Crippen LogP contribution in [0.15, 0.2) is 11.6 Å². The Kier molecular flexibility index (Phi) is 6.16. The van der Waals surface area contributed by atoms with Gasteiger partial charge in [-0.3, -0.25) is 4.79 Å². The van der Waals surface area contributed by atoms with Gasteiger partial charge in [0.05, 0.1) is 13.2 Å². The van der Waals surface area contributed by atoms with Crippen molar-refractivity contribution in [3.05, 3.63) is 11.6 Å². The quantitative estimate of drug-likeness (QED) is 0.534. The van der Waals surface area contributed by atoms with Crippen LogP contribution in [0.1, 0.15) is 39.5 Å². The number of carbonyl (C=O) groups is 1. The molecule has 0 aromatic rings. The first kappa shape index (κ1) is 13.2. The summed E-state index contributed by atoms with van der Waals surface area (Å²) in [5.74, 6) is 0.415. The van der Waals surface area contributed by atoms with Crippen LogP contribution in [0, 0.1) is 5.92 Å². The zero-order valence-electron chi connectivity index (χ0n) is 10.3. The highest BCUT2D eigenvalue weighted by Gasteiger charge is 2.17. The van der Waals surface area contributed by atoms with E-state index < -0.39 is 0 Å². The predicted molar refractivity (Wildman–Crippen MR) is 63.2 cm³/mol. The Morgan fingerprint density at radius 1 is 1.56 bits per heavy atom. The second kappa shape index (κ2) is 7.44. The highest BCUT2D eigenvalue weighted by Crippen LogP contribution is 2.23. The molecule has 0 spiro atoms. The van der Waals surface area contributed by atoms with Crippen LogP contribution >= 0.6 is 0 Å². The van der Waals surface area contributed by atoms with Crippen molar-refractivity contribution in [2.45, 2.75) is 39.5 Å². The molecule has 0 N–H and O–H groups in total. The molecule has 1 fully saturated rings. The molecule has 1 heterocycles. The van der Waals surface area contributed by atoms with Crippen molar-refractivity contribution in [2.24, 2.45) is 5.92 Å². The van der Waals surface area contributed by atoms with Crippen LogP contribution in [0.4, 0.5) is 0 Å². The third-order valence-corrected chi connectivity index (χ3v) is 2.92. The van der Waals surface area contributed by atoms with Crippen molar-refractivity contribution in [3.63, 3.8) is 0 Å². The summed E-state index contributed by atoms with van der Waals surface area (Å²) < 4.78 is 10.5. The molecule has 1 aliphatic heterocycles. The monoisotopic (exact) mass is 226 g/mol. The molecule has 0 saturated carbocycles. The highest BCUT2D eigenvalue weighted by atomic mass is 16.5. The van der Waals surface area contributed by atoms with Crippen LogP contribution < -0.4 is 0 Å². The smallest absolute Gasteiger partial charge is 0.306 e. The molecular weight excluding hydrogens is 204 g/mol. The minimum atomic E-state index is -0.0977. The van der Waals surface area contributed by atoms with Crippen molar-refractivity contribution >= 4 is 5.97 Å². The Balaban J connectivity index is 2.33. The van der Waals surface area contributed by atoms with Crippen LogP contribution in [0.25, 0.3) is 0 Å². The number of hydrogen-bond donors (Lipinski definition) is 0. The maximum absolute atomic E-state index is 11.2. The SMILES string of the molecule is CCCC(=O)OCC=C1CCOCC1CC. The van der Waals surface area contributed by atoms with Gasteiger partial charge < -0.3 is 9.47 Å². The van der Waals surface area contributed by atoms with Gasteiger partial charge in [-0.2, -0.15) is 0 Å². The molecule has 0 radical (unpaired) electrons. The van der Waals surface area contributed by atoms with Crippen LogP contribution in [-0.2, 0) is 14.3 Å². The van der Waals surface area contributed by atoms with Gasteiger partial charge in [-0.1, -0.05) is 19.4 Å². The molecule has 92 valence electrons. The van der Waals surface area contributed by atoms with E-state index in [1.54, 1.807) is 0 Å². The zero-order chi connectivity index (χ0) is 11.8. The van der Waals surface area contributed by atoms with E-state index in [0.717, 1.165) is 32.5 Å². The molecule has 3 heteroatoms. The van der Waals surface area contributed by atoms with Crippen molar-refractivity contribution < 1.29 is 14.3 Å². The minimum absolute atomic E-state index is 0.0977. The molecule has 16 heavy (non-hydrogen) atoms. The van der Waals surface area contributed by atoms with Crippen molar-refractivity contribution in [1.29, 1.82) is 0 Å². The number of rotatable bonds is 5. The molecule has 1 saturated heterocycles. The largest absolute Gasteiger partial charge is 0.461 e. The fourth-order valence-electron chi connectivity index (χ4n) is 1.89. The lowest BCUT2D eigenvalue weighted by Gasteiger charge is -2.24. The predicted octanol–water partition coefficient (Wildman–Crippen LogP) is 2.70. The molecule has 1 aliphatic rings. The lowest BCUT2D eigenvalue weighted by molar-refractivity contribution is -0.142. The highest BCUT2D eigenvalue weighted by molar-refractivity contribution is 5.69. The Bertz CT molecular complexity index is 246. The van der Waals surface area contributed by atoms with Gasteiger partial charge in [0.15, 0.2) is 0 Å². The first-order valence-corrected chi connectivity index (χ1v) is 6.20. The molecule has 3 nitrogen and oxygen atoms in total. The second-order valence-electron chi connectivity index (χ2n) is 4.14. The summed E-state index contributed by atoms with van der Waals surface area (Å²) in [6.07, 6.45) is 5.49. The summed E-state index contributed by atoms with van der Waals surface area (Å²) >= 11 is 0. The van der Waals surface area contributed by atoms with E-state index in [-0.39, 0.29) is 5.97 Å². The molecule has 0 aromatic carbocycles. The third kappa shape index (κ3) is 4.35. The van der Waals surface area contributed by atoms with Crippen LogP contribution in [0.2, 0.25) is 0 Å². The molecule has 1 rings (SSSR count). The Morgan fingerprint density at radius 3 is 3.06 bits per heavy atom. The van der Waals surface area contributed by atoms with Crippen molar-refractivity contribution in [3.8, 4) is 0 Å². The maximum Gasteiger partial charge on any atom is 0.306 e. The number of ether oxygens (including phenoxy) is 2. The average molecular weight is 226 g/mol. The van der Waals surface area contributed by atoms with Gasteiger partial charge in [-0.25, -0.2) is 0 Å². The van der Waals surface area contributed by atoms with Gasteiger partial charge in [0.1, 0.15) is 6.61 Å². The summed E-state index contributed by atoms with van der Waals surface area (Å²) in [6.45, 7) is 6.17. The molecule has 0 aromatic heterocycles. The van der Waals surface area contributed by atoms with Crippen LogP contribution in [0.3, 0.4) is 0 Å². The molecular formula is C13H22O3. The summed E-state index contributed by atoms with van der Waals surface area (Å²) in [5, 5.41) is 0. The second-order valence-corrected chi connectivity index (χ2v) is 4.14. The summed E-state index contributed by atoms with van der Waals surface area (Å²) in [5.41, 5.74) is 1.39. The van der Waals surface area contributed by atoms with Gasteiger partial charge in [0.2, 0.25) is 0 Å². The van der Waals surface area contributed by atoms with Gasteiger partial charge in [-0.05, 0) is 25.3 Å². The molecule has 0 amide bonds. The average Bonchev–Trinajstić information content (AvgIpc) is 2.30. The van der Waals surface area contributed by atoms with Crippen LogP contribution in [0.5, 0.6) is 0 Å². The van der Waals surface area contributed by atoms with E-state index in [2.05, 4.69) is 13.0 Å². The van der Waals surface area contributed by atoms with Gasteiger partial charge >= 0.3 is 5.97 Å². The molecule has 1 unspecified atom stereocenters. The van der Waals surface area contributed by atoms with Gasteiger partial charge in [0.25, 0.3) is 0 Å². The minimum Gasteiger partial charge on any atom is -0.461 e. The first-order valence-electron chi connectivity index (χ1n) is 6.20. The van der Waals surface area contributed by atoms with E-state index in [1.807, 2.05) is 6.92 Å². The molecule has 0 bridgehead atoms. The number of esters is 1. The zero-order valence-corrected chi connectivity index (χ0v) is 10.3. The standard InChI is InChI=1S/C13H22O3/c1-3-5-13(14)16-9-7-12-6-8-15-10-11(12)4-2/h7,11H,3-6,8-10H2,1-2H3. The third-order valence-electron chi connectivity index (χ3n) is 2.92. The van der Waals surface area contributed by atoms with E-state index in [4.69, 9.17) is 9.47 Å². The fourth-order valence-corrected chi connectivity index (χ4v) is 1.89. The van der Waals surface area contributed by atoms with Crippen molar-refractivity contribution in [1.82, 2.24) is 0 Å². The number of hydrogen-bond acceptors (Lipinski definition) is 3. The van der Waals surface area contributed by atoms with E-state index >= 15 is 0 Å². The lowest BCUT2D eigenvalue weighted by Crippen LogP contribution is -2.20. The summed E-state index contributed by atoms with van der Waals surface area (Å²) in [6, 6.07) is 0. The molecule has 0 aliphatic carbocycles. The Hall–Kier alpha value is -0.830. The topological polar surface area (TPSA) is 35.5 Å². The normalized spacial score (nSPS) is 23.4. The first-order chi connectivity index (χ1) is 7.77. The Morgan fingerprint density at radius 2 is 2.38 bits per heavy atom. The van der Waals surface area contributed by atoms with E-state index in [0.29, 0.717) is 18.9 Å². The summed E-state index contributed by atoms with van der Waals surface area (Å²) in [4.78, 5) is 11.2. The number of carbonyl (C=O) groups excluding carboxylic acids is 1. The Labute approximate surface area is 97.8 Å². The lowest BCUT2D eigenvalue weighted by atomic mass is 9.93. The summed E-state index contributed by atoms with van der Waals surface area (Å²) in [7, 11) is 0. The van der Waals surface area contributed by atoms with Gasteiger partial charge in [-0.15, -0.1) is 0 Å². The van der Waals surface area contributed by atoms with Crippen LogP contribution in [-0.4, -0.2) is 25.8 Å². The van der Waals surface area contributed by atoms with Crippen molar-refractivity contribution in [2.75, 3.05) is 19.8 Å². The fraction of sp³-hybridized carbons (Fsp3) is 0.769. The van der Waals surface area contributed by atoms with E-state index in [1.165, 1.54) is 5.57 Å². The molecule has 1 atom stereocenters. The van der Waals surface area contributed by atoms with Gasteiger partial charge in [0, 0.05) is 12.3 Å². The maximum atomic E-state index is 11.2. The van der Waals surface area contributed by atoms with E-state index in [9.17, 15) is 4.79 Å².